The fraction of sp³-hybridized carbons (Fsp3) is 0.667. The van der Waals surface area contributed by atoms with E-state index in [-0.39, 0.29) is 17.9 Å². The molecule has 1 saturated heterocycles. The number of ether oxygens (including phenoxy) is 1. The number of esters is 1. The highest BCUT2D eigenvalue weighted by Gasteiger charge is 2.27. The van der Waals surface area contributed by atoms with Gasteiger partial charge in [-0.05, 0) is 20.8 Å². The number of rotatable bonds is 6. The molecule has 1 aliphatic rings. The summed E-state index contributed by atoms with van der Waals surface area (Å²) < 4.78 is 9.95. The summed E-state index contributed by atoms with van der Waals surface area (Å²) in [6.07, 6.45) is 0. The minimum atomic E-state index is -0.246. The second-order valence-corrected chi connectivity index (χ2v) is 5.61. The minimum Gasteiger partial charge on any atom is -0.465 e. The zero-order chi connectivity index (χ0) is 16.8. The quantitative estimate of drug-likeness (QED) is 0.762. The van der Waals surface area contributed by atoms with E-state index in [2.05, 4.69) is 20.3 Å². The van der Waals surface area contributed by atoms with Crippen LogP contribution < -0.4 is 5.32 Å². The predicted octanol–water partition coefficient (Wildman–Crippen LogP) is 0.491. The maximum absolute atomic E-state index is 12.0. The predicted molar refractivity (Wildman–Crippen MR) is 84.0 cm³/mol. The van der Waals surface area contributed by atoms with Crippen LogP contribution in [0, 0.1) is 6.92 Å². The van der Waals surface area contributed by atoms with Gasteiger partial charge in [0.15, 0.2) is 5.82 Å². The van der Waals surface area contributed by atoms with Crippen LogP contribution in [0.2, 0.25) is 0 Å². The maximum atomic E-state index is 12.0. The third-order valence-electron chi connectivity index (χ3n) is 3.84. The van der Waals surface area contributed by atoms with E-state index in [0.29, 0.717) is 24.7 Å². The number of hydrogen-bond donors (Lipinski definition) is 1. The van der Waals surface area contributed by atoms with Gasteiger partial charge in [-0.15, -0.1) is 0 Å². The first-order valence-electron chi connectivity index (χ1n) is 7.85. The molecule has 0 bridgehead atoms. The van der Waals surface area contributed by atoms with Crippen LogP contribution in [0.1, 0.15) is 19.6 Å². The molecular weight excluding hydrogens is 300 g/mol. The van der Waals surface area contributed by atoms with Gasteiger partial charge in [0.25, 0.3) is 0 Å². The van der Waals surface area contributed by atoms with Gasteiger partial charge in [-0.25, -0.2) is 0 Å². The summed E-state index contributed by atoms with van der Waals surface area (Å²) in [5.74, 6) is 0.772. The lowest BCUT2D eigenvalue weighted by atomic mass is 10.2. The van der Waals surface area contributed by atoms with Crippen molar-refractivity contribution in [2.45, 2.75) is 26.8 Å². The van der Waals surface area contributed by atoms with Gasteiger partial charge in [0.1, 0.15) is 11.8 Å². The first-order chi connectivity index (χ1) is 11.0. The number of nitrogens with one attached hydrogen (secondary N) is 1. The number of carbonyl (C=O) groups is 2. The van der Waals surface area contributed by atoms with Crippen LogP contribution in [0.15, 0.2) is 10.6 Å². The van der Waals surface area contributed by atoms with Crippen molar-refractivity contribution in [1.82, 2.24) is 15.0 Å². The number of amides is 1. The maximum Gasteiger partial charge on any atom is 0.323 e. The number of piperazine rings is 1. The molecule has 1 N–H and O–H groups in total. The lowest BCUT2D eigenvalue weighted by molar-refractivity contribution is -0.149. The van der Waals surface area contributed by atoms with E-state index in [9.17, 15) is 9.59 Å². The van der Waals surface area contributed by atoms with E-state index in [1.165, 1.54) is 0 Å². The molecule has 1 fully saturated rings. The number of aromatic nitrogens is 1. The molecule has 0 aliphatic carbocycles. The van der Waals surface area contributed by atoms with Crippen LogP contribution in [-0.4, -0.2) is 72.2 Å². The minimum absolute atomic E-state index is 0.120. The standard InChI is InChI=1S/C15H24N4O4/c1-4-22-15(21)12(3)19-7-5-18(6-8-19)10-14(20)16-13-9-11(2)23-17-13/h9,12H,4-8,10H2,1-3H3,(H,16,17,20). The molecule has 8 heteroatoms. The molecule has 0 spiro atoms. The number of aryl methyl sites for hydroxylation is 1. The van der Waals surface area contributed by atoms with Crippen LogP contribution in [0.5, 0.6) is 0 Å². The van der Waals surface area contributed by atoms with Gasteiger partial charge in [0, 0.05) is 32.2 Å². The van der Waals surface area contributed by atoms with E-state index in [1.807, 2.05) is 6.92 Å². The molecule has 1 aromatic rings. The van der Waals surface area contributed by atoms with Crippen LogP contribution in [0.4, 0.5) is 5.82 Å². The lowest BCUT2D eigenvalue weighted by Gasteiger charge is -2.36. The van der Waals surface area contributed by atoms with Gasteiger partial charge >= 0.3 is 5.97 Å². The Labute approximate surface area is 135 Å². The molecule has 0 aromatic carbocycles. The third kappa shape index (κ3) is 5.04. The Morgan fingerprint density at radius 1 is 1.39 bits per heavy atom. The molecule has 1 unspecified atom stereocenters. The second-order valence-electron chi connectivity index (χ2n) is 5.61. The summed E-state index contributed by atoms with van der Waals surface area (Å²) in [5.41, 5.74) is 0. The highest BCUT2D eigenvalue weighted by atomic mass is 16.5. The van der Waals surface area contributed by atoms with Crippen molar-refractivity contribution in [1.29, 1.82) is 0 Å². The van der Waals surface area contributed by atoms with E-state index >= 15 is 0 Å². The number of anilines is 1. The van der Waals surface area contributed by atoms with Gasteiger partial charge in [-0.1, -0.05) is 5.16 Å². The van der Waals surface area contributed by atoms with Crippen molar-refractivity contribution in [2.24, 2.45) is 0 Å². The van der Waals surface area contributed by atoms with Gasteiger partial charge in [0.05, 0.1) is 13.2 Å². The monoisotopic (exact) mass is 324 g/mol. The van der Waals surface area contributed by atoms with Gasteiger partial charge in [-0.3, -0.25) is 19.4 Å². The zero-order valence-corrected chi connectivity index (χ0v) is 13.9. The van der Waals surface area contributed by atoms with Crippen molar-refractivity contribution in [2.75, 3.05) is 44.6 Å². The first-order valence-corrected chi connectivity index (χ1v) is 7.85. The Kier molecular flexibility index (Phi) is 6.12. The van der Waals surface area contributed by atoms with Crippen molar-refractivity contribution in [3.63, 3.8) is 0 Å². The molecule has 2 heterocycles. The lowest BCUT2D eigenvalue weighted by Crippen LogP contribution is -2.53. The zero-order valence-electron chi connectivity index (χ0n) is 13.9. The van der Waals surface area contributed by atoms with Crippen molar-refractivity contribution in [3.05, 3.63) is 11.8 Å². The second kappa shape index (κ2) is 8.07. The SMILES string of the molecule is CCOC(=O)C(C)N1CCN(CC(=O)Nc2cc(C)on2)CC1. The van der Waals surface area contributed by atoms with Gasteiger partial charge in [-0.2, -0.15) is 0 Å². The smallest absolute Gasteiger partial charge is 0.323 e. The fourth-order valence-electron chi connectivity index (χ4n) is 2.53. The van der Waals surface area contributed by atoms with Crippen molar-refractivity contribution >= 4 is 17.7 Å². The van der Waals surface area contributed by atoms with E-state index in [0.717, 1.165) is 26.2 Å². The summed E-state index contributed by atoms with van der Waals surface area (Å²) >= 11 is 0. The van der Waals surface area contributed by atoms with E-state index in [4.69, 9.17) is 9.26 Å². The summed E-state index contributed by atoms with van der Waals surface area (Å²) in [4.78, 5) is 27.9. The summed E-state index contributed by atoms with van der Waals surface area (Å²) in [5, 5.41) is 6.44. The summed E-state index contributed by atoms with van der Waals surface area (Å²) in [6.45, 7) is 9.05. The molecule has 1 aliphatic heterocycles. The van der Waals surface area contributed by atoms with Crippen LogP contribution >= 0.6 is 0 Å². The van der Waals surface area contributed by atoms with Gasteiger partial charge < -0.3 is 14.6 Å². The Balaban J connectivity index is 1.74. The van der Waals surface area contributed by atoms with Crippen LogP contribution in [0.3, 0.4) is 0 Å². The highest BCUT2D eigenvalue weighted by Crippen LogP contribution is 2.09. The average molecular weight is 324 g/mol. The molecule has 1 atom stereocenters. The van der Waals surface area contributed by atoms with Crippen molar-refractivity contribution < 1.29 is 18.8 Å². The molecule has 1 aromatic heterocycles. The van der Waals surface area contributed by atoms with Crippen LogP contribution in [-0.2, 0) is 14.3 Å². The number of nitrogens with zero attached hydrogens (tertiary/aromatic N) is 3. The molecule has 0 saturated carbocycles. The molecule has 1 amide bonds. The summed E-state index contributed by atoms with van der Waals surface area (Å²) in [6, 6.07) is 1.43. The number of hydrogen-bond acceptors (Lipinski definition) is 7. The molecular formula is C15H24N4O4. The average Bonchev–Trinajstić information content (AvgIpc) is 2.92. The third-order valence-corrected chi connectivity index (χ3v) is 3.84. The highest BCUT2D eigenvalue weighted by molar-refractivity contribution is 5.91. The number of carbonyl (C=O) groups excluding carboxylic acids is 2. The molecule has 0 radical (unpaired) electrons. The molecule has 23 heavy (non-hydrogen) atoms. The molecule has 2 rings (SSSR count). The summed E-state index contributed by atoms with van der Waals surface area (Å²) in [7, 11) is 0. The normalized spacial score (nSPS) is 17.7. The largest absolute Gasteiger partial charge is 0.465 e. The van der Waals surface area contributed by atoms with Crippen molar-refractivity contribution in [3.8, 4) is 0 Å². The Bertz CT molecular complexity index is 537. The topological polar surface area (TPSA) is 87.9 Å². The molecule has 128 valence electrons. The Hall–Kier alpha value is -1.93. The Morgan fingerprint density at radius 3 is 2.65 bits per heavy atom. The van der Waals surface area contributed by atoms with E-state index in [1.54, 1.807) is 19.9 Å². The molecule has 8 nitrogen and oxygen atoms in total. The Morgan fingerprint density at radius 2 is 2.09 bits per heavy atom. The van der Waals surface area contributed by atoms with Crippen LogP contribution in [0.25, 0.3) is 0 Å². The fourth-order valence-corrected chi connectivity index (χ4v) is 2.53. The first kappa shape index (κ1) is 17.4. The van der Waals surface area contributed by atoms with E-state index < -0.39 is 0 Å². The van der Waals surface area contributed by atoms with Gasteiger partial charge in [0.2, 0.25) is 5.91 Å².